The van der Waals surface area contributed by atoms with Gasteiger partial charge in [0.05, 0.1) is 0 Å². The summed E-state index contributed by atoms with van der Waals surface area (Å²) in [6.07, 6.45) is 13.4. The van der Waals surface area contributed by atoms with Gasteiger partial charge in [0.15, 0.2) is 0 Å². The number of ether oxygens (including phenoxy) is 6. The van der Waals surface area contributed by atoms with E-state index in [9.17, 15) is 43.2 Å². The van der Waals surface area contributed by atoms with Gasteiger partial charge in [0.1, 0.15) is 39.6 Å². The molecule has 0 N–H and O–H groups in total. The molecule has 0 amide bonds. The summed E-state index contributed by atoms with van der Waals surface area (Å²) in [6.45, 7) is 9.98. The van der Waals surface area contributed by atoms with Crippen LogP contribution >= 0.6 is 0 Å². The molecule has 0 bridgehead atoms. The second kappa shape index (κ2) is 33.3. The molecule has 0 atom stereocenters. The Bertz CT molecular complexity index is 1480. The highest BCUT2D eigenvalue weighted by Gasteiger charge is 2.16. The summed E-state index contributed by atoms with van der Waals surface area (Å²) in [7, 11) is 0. The predicted molar refractivity (Wildman–Crippen MR) is 219 cm³/mol. The van der Waals surface area contributed by atoms with Crippen LogP contribution in [0.25, 0.3) is 0 Å². The minimum atomic E-state index is -0.657. The van der Waals surface area contributed by atoms with Gasteiger partial charge in [-0.2, -0.15) is 0 Å². The van der Waals surface area contributed by atoms with Gasteiger partial charge in [-0.05, 0) is 38.5 Å². The average Bonchev–Trinajstić information content (AvgIpc) is 3.24. The maximum Gasteiger partial charge on any atom is 0.336 e. The van der Waals surface area contributed by atoms with E-state index < -0.39 is 52.9 Å². The number of esters is 6. The molecule has 0 aromatic carbocycles. The van der Waals surface area contributed by atoms with E-state index >= 15 is 0 Å². The second-order valence-corrected chi connectivity index (χ2v) is 13.6. The van der Waals surface area contributed by atoms with Gasteiger partial charge in [-0.1, -0.05) is 77.5 Å². The standard InChI is InChI=1S/C42H63N3O15/c1-4-34(46)55-28-31-58-37(49)22-16-10-7-13-19-25-43-40(52)44(26-20-14-8-11-17-23-38(50)59-32-29-56-35(47)5-2)42(54)45(41(43)53)27-21-15-9-12-18-24-39(51)60-33-30-57-36(48)6-3/h4-6H,1-3,7-33H2. The number of rotatable bonds is 36. The third-order valence-electron chi connectivity index (χ3n) is 8.95. The Kier molecular flexibility index (Phi) is 29.1. The van der Waals surface area contributed by atoms with Crippen LogP contribution < -0.4 is 17.1 Å². The SMILES string of the molecule is C=CC(=O)OCCOC(=O)CCCCCCCn1c(=O)n(CCCCCCCC(=O)OCCOC(=O)C=C)c(=O)n(CCCCCCCC(=O)OCCOC(=O)C=C)c1=O. The second-order valence-electron chi connectivity index (χ2n) is 13.6. The van der Waals surface area contributed by atoms with Crippen molar-refractivity contribution in [3.63, 3.8) is 0 Å². The molecule has 18 heteroatoms. The number of carbonyl (C=O) groups excluding carboxylic acids is 6. The minimum absolute atomic E-state index is 0.0382. The van der Waals surface area contributed by atoms with Gasteiger partial charge < -0.3 is 28.4 Å². The van der Waals surface area contributed by atoms with E-state index in [0.717, 1.165) is 70.5 Å². The first-order valence-corrected chi connectivity index (χ1v) is 20.7. The highest BCUT2D eigenvalue weighted by Crippen LogP contribution is 2.09. The Labute approximate surface area is 350 Å². The highest BCUT2D eigenvalue weighted by molar-refractivity contribution is 5.81. The smallest absolute Gasteiger partial charge is 0.336 e. The van der Waals surface area contributed by atoms with Crippen LogP contribution in [-0.4, -0.2) is 89.2 Å². The van der Waals surface area contributed by atoms with Crippen LogP contribution in [0.3, 0.4) is 0 Å². The summed E-state index contributed by atoms with van der Waals surface area (Å²) >= 11 is 0. The molecule has 60 heavy (non-hydrogen) atoms. The van der Waals surface area contributed by atoms with Crippen molar-refractivity contribution in [2.75, 3.05) is 39.6 Å². The number of hydrogen-bond acceptors (Lipinski definition) is 15. The molecule has 0 saturated heterocycles. The lowest BCUT2D eigenvalue weighted by atomic mass is 10.1. The fourth-order valence-corrected chi connectivity index (χ4v) is 5.75. The first-order valence-electron chi connectivity index (χ1n) is 20.7. The summed E-state index contributed by atoms with van der Waals surface area (Å²) in [5, 5.41) is 0. The predicted octanol–water partition coefficient (Wildman–Crippen LogP) is 4.01. The maximum atomic E-state index is 13.5. The van der Waals surface area contributed by atoms with Gasteiger partial charge in [-0.25, -0.2) is 42.5 Å². The summed E-state index contributed by atoms with van der Waals surface area (Å²) < 4.78 is 32.7. The van der Waals surface area contributed by atoms with Crippen molar-refractivity contribution < 1.29 is 57.2 Å². The normalized spacial score (nSPS) is 10.6. The molecule has 1 aromatic rings. The molecule has 1 aromatic heterocycles. The van der Waals surface area contributed by atoms with Crippen LogP contribution in [0.2, 0.25) is 0 Å². The molecule has 0 unspecified atom stereocenters. The Morgan fingerprint density at radius 2 is 0.567 bits per heavy atom. The van der Waals surface area contributed by atoms with E-state index in [1.54, 1.807) is 0 Å². The molecular formula is C42H63N3O15. The molecular weight excluding hydrogens is 786 g/mol. The van der Waals surface area contributed by atoms with Crippen LogP contribution in [0, 0.1) is 0 Å². The average molecular weight is 850 g/mol. The first-order chi connectivity index (χ1) is 28.9. The molecule has 18 nitrogen and oxygen atoms in total. The van der Waals surface area contributed by atoms with Crippen molar-refractivity contribution in [2.24, 2.45) is 0 Å². The molecule has 0 spiro atoms. The third kappa shape index (κ3) is 24.4. The molecule has 1 rings (SSSR count). The maximum absolute atomic E-state index is 13.5. The van der Waals surface area contributed by atoms with E-state index in [1.165, 1.54) is 0 Å². The summed E-state index contributed by atoms with van der Waals surface area (Å²) in [5.74, 6) is -2.98. The van der Waals surface area contributed by atoms with Gasteiger partial charge in [0, 0.05) is 57.1 Å². The van der Waals surface area contributed by atoms with Gasteiger partial charge >= 0.3 is 52.9 Å². The number of nitrogens with zero attached hydrogens (tertiary/aromatic N) is 3. The van der Waals surface area contributed by atoms with Gasteiger partial charge in [-0.3, -0.25) is 14.4 Å². The zero-order chi connectivity index (χ0) is 44.4. The monoisotopic (exact) mass is 849 g/mol. The van der Waals surface area contributed by atoms with Crippen LogP contribution in [0.15, 0.2) is 52.3 Å². The lowest BCUT2D eigenvalue weighted by molar-refractivity contribution is -0.149. The Hall–Kier alpha value is -5.55. The molecule has 336 valence electrons. The number of aromatic nitrogens is 3. The van der Waals surface area contributed by atoms with E-state index in [1.807, 2.05) is 0 Å². The fraction of sp³-hybridized carbons (Fsp3) is 0.643. The van der Waals surface area contributed by atoms with Crippen molar-refractivity contribution >= 4 is 35.8 Å². The first kappa shape index (κ1) is 52.5. The highest BCUT2D eigenvalue weighted by atomic mass is 16.6. The number of hydrogen-bond donors (Lipinski definition) is 0. The molecule has 0 saturated carbocycles. The molecule has 0 radical (unpaired) electrons. The molecule has 0 aliphatic carbocycles. The molecule has 0 aliphatic heterocycles. The third-order valence-corrected chi connectivity index (χ3v) is 8.95. The largest absolute Gasteiger partial charge is 0.462 e. The lowest BCUT2D eigenvalue weighted by Gasteiger charge is -2.14. The summed E-state index contributed by atoms with van der Waals surface area (Å²) in [6, 6.07) is 0. The van der Waals surface area contributed by atoms with E-state index in [4.69, 9.17) is 28.4 Å². The van der Waals surface area contributed by atoms with E-state index in [-0.39, 0.29) is 78.5 Å². The van der Waals surface area contributed by atoms with Gasteiger partial charge in [-0.15, -0.1) is 0 Å². The Morgan fingerprint density at radius 3 is 0.817 bits per heavy atom. The zero-order valence-electron chi connectivity index (χ0n) is 34.9. The van der Waals surface area contributed by atoms with Crippen LogP contribution in [0.4, 0.5) is 0 Å². The lowest BCUT2D eigenvalue weighted by Crippen LogP contribution is -2.54. The Balaban J connectivity index is 2.67. The van der Waals surface area contributed by atoms with Crippen LogP contribution in [-0.2, 0) is 76.8 Å². The van der Waals surface area contributed by atoms with Crippen molar-refractivity contribution in [3.05, 3.63) is 69.4 Å². The fourth-order valence-electron chi connectivity index (χ4n) is 5.75. The van der Waals surface area contributed by atoms with Gasteiger partial charge in [0.2, 0.25) is 0 Å². The topological polar surface area (TPSA) is 224 Å². The molecule has 0 aliphatic rings. The summed E-state index contributed by atoms with van der Waals surface area (Å²) in [5.41, 5.74) is -1.97. The van der Waals surface area contributed by atoms with E-state index in [0.29, 0.717) is 57.8 Å². The van der Waals surface area contributed by atoms with Crippen molar-refractivity contribution in [1.82, 2.24) is 13.7 Å². The Morgan fingerprint density at radius 1 is 0.350 bits per heavy atom. The molecule has 0 fully saturated rings. The van der Waals surface area contributed by atoms with Crippen molar-refractivity contribution in [2.45, 2.75) is 135 Å². The number of unbranched alkanes of at least 4 members (excludes halogenated alkanes) is 12. The van der Waals surface area contributed by atoms with Crippen LogP contribution in [0.5, 0.6) is 0 Å². The molecule has 1 heterocycles. The van der Waals surface area contributed by atoms with Crippen molar-refractivity contribution in [3.8, 4) is 0 Å². The zero-order valence-corrected chi connectivity index (χ0v) is 34.9. The van der Waals surface area contributed by atoms with Crippen LogP contribution in [0.1, 0.15) is 116 Å². The van der Waals surface area contributed by atoms with Gasteiger partial charge in [0.25, 0.3) is 0 Å². The van der Waals surface area contributed by atoms with E-state index in [2.05, 4.69) is 19.7 Å². The quantitative estimate of drug-likeness (QED) is 0.0403. The minimum Gasteiger partial charge on any atom is -0.462 e. The van der Waals surface area contributed by atoms with Crippen molar-refractivity contribution in [1.29, 1.82) is 0 Å². The number of carbonyl (C=O) groups is 6. The summed E-state index contributed by atoms with van der Waals surface area (Å²) in [4.78, 5) is 109.